The Morgan fingerprint density at radius 1 is 1.62 bits per heavy atom. The highest BCUT2D eigenvalue weighted by Gasteiger charge is 2.18. The Morgan fingerprint density at radius 3 is 2.94 bits per heavy atom. The van der Waals surface area contributed by atoms with E-state index in [4.69, 9.17) is 11.6 Å². The maximum atomic E-state index is 11.3. The van der Waals surface area contributed by atoms with Crippen LogP contribution in [0.15, 0.2) is 12.4 Å². The van der Waals surface area contributed by atoms with Crippen molar-refractivity contribution in [3.8, 4) is 10.6 Å². The second-order valence-electron chi connectivity index (χ2n) is 3.03. The molecule has 0 aliphatic rings. The van der Waals surface area contributed by atoms with Gasteiger partial charge in [-0.15, -0.1) is 11.3 Å². The Bertz CT molecular complexity index is 535. The standard InChI is InChI=1S/C9H8ClN3O2S/c1-13-4-5(3-11-13)8-12-7(10)6(16-8)9(14)15-2/h3-4H,1-2H3. The molecule has 0 amide bonds. The van der Waals surface area contributed by atoms with E-state index >= 15 is 0 Å². The van der Waals surface area contributed by atoms with Crippen molar-refractivity contribution in [1.82, 2.24) is 14.8 Å². The summed E-state index contributed by atoms with van der Waals surface area (Å²) in [6.07, 6.45) is 3.46. The van der Waals surface area contributed by atoms with Crippen LogP contribution in [0.2, 0.25) is 5.15 Å². The first kappa shape index (κ1) is 11.1. The summed E-state index contributed by atoms with van der Waals surface area (Å²) < 4.78 is 6.25. The van der Waals surface area contributed by atoms with E-state index in [-0.39, 0.29) is 5.15 Å². The van der Waals surface area contributed by atoms with Gasteiger partial charge in [-0.3, -0.25) is 4.68 Å². The van der Waals surface area contributed by atoms with Crippen molar-refractivity contribution in [3.63, 3.8) is 0 Å². The quantitative estimate of drug-likeness (QED) is 0.772. The number of aryl methyl sites for hydroxylation is 1. The zero-order chi connectivity index (χ0) is 11.7. The average Bonchev–Trinajstić information content (AvgIpc) is 2.83. The molecule has 0 bridgehead atoms. The number of esters is 1. The molecule has 5 nitrogen and oxygen atoms in total. The van der Waals surface area contributed by atoms with Crippen LogP contribution in [-0.4, -0.2) is 27.8 Å². The highest BCUT2D eigenvalue weighted by Crippen LogP contribution is 2.30. The molecule has 7 heteroatoms. The third kappa shape index (κ3) is 1.94. The number of hydrogen-bond donors (Lipinski definition) is 0. The van der Waals surface area contributed by atoms with Gasteiger partial charge in [0.15, 0.2) is 10.0 Å². The summed E-state index contributed by atoms with van der Waals surface area (Å²) >= 11 is 7.03. The molecule has 2 heterocycles. The Morgan fingerprint density at radius 2 is 2.38 bits per heavy atom. The van der Waals surface area contributed by atoms with Crippen LogP contribution in [0.25, 0.3) is 10.6 Å². The monoisotopic (exact) mass is 257 g/mol. The van der Waals surface area contributed by atoms with Gasteiger partial charge in [-0.05, 0) is 0 Å². The minimum atomic E-state index is -0.474. The van der Waals surface area contributed by atoms with E-state index in [0.29, 0.717) is 9.88 Å². The number of carbonyl (C=O) groups excluding carboxylic acids is 1. The number of rotatable bonds is 2. The lowest BCUT2D eigenvalue weighted by Crippen LogP contribution is -1.98. The van der Waals surface area contributed by atoms with Crippen LogP contribution in [-0.2, 0) is 11.8 Å². The van der Waals surface area contributed by atoms with Gasteiger partial charge in [-0.1, -0.05) is 11.6 Å². The fraction of sp³-hybridized carbons (Fsp3) is 0.222. The van der Waals surface area contributed by atoms with Crippen LogP contribution >= 0.6 is 22.9 Å². The third-order valence-corrected chi connectivity index (χ3v) is 3.38. The summed E-state index contributed by atoms with van der Waals surface area (Å²) in [4.78, 5) is 15.7. The fourth-order valence-corrected chi connectivity index (χ4v) is 2.35. The van der Waals surface area contributed by atoms with E-state index in [2.05, 4.69) is 14.8 Å². The van der Waals surface area contributed by atoms with Crippen LogP contribution in [0.4, 0.5) is 0 Å². The number of carbonyl (C=O) groups is 1. The average molecular weight is 258 g/mol. The number of nitrogens with zero attached hydrogens (tertiary/aromatic N) is 3. The highest BCUT2D eigenvalue weighted by atomic mass is 35.5. The molecule has 0 saturated carbocycles. The summed E-state index contributed by atoms with van der Waals surface area (Å²) in [6, 6.07) is 0. The summed E-state index contributed by atoms with van der Waals surface area (Å²) in [6.45, 7) is 0. The molecule has 0 aliphatic carbocycles. The number of methoxy groups -OCH3 is 1. The normalized spacial score (nSPS) is 10.4. The van der Waals surface area contributed by atoms with Crippen LogP contribution in [0.5, 0.6) is 0 Å². The van der Waals surface area contributed by atoms with Crippen LogP contribution in [0.3, 0.4) is 0 Å². The van der Waals surface area contributed by atoms with Crippen molar-refractivity contribution in [1.29, 1.82) is 0 Å². The predicted molar refractivity (Wildman–Crippen MR) is 60.7 cm³/mol. The number of aromatic nitrogens is 3. The van der Waals surface area contributed by atoms with E-state index in [1.807, 2.05) is 0 Å². The number of hydrogen-bond acceptors (Lipinski definition) is 5. The number of thiazole rings is 1. The lowest BCUT2D eigenvalue weighted by atomic mass is 10.4. The molecule has 16 heavy (non-hydrogen) atoms. The first-order valence-corrected chi connectivity index (χ1v) is 5.55. The topological polar surface area (TPSA) is 57.0 Å². The predicted octanol–water partition coefficient (Wildman–Crippen LogP) is 1.98. The fourth-order valence-electron chi connectivity index (χ4n) is 1.18. The summed E-state index contributed by atoms with van der Waals surface area (Å²) in [7, 11) is 3.11. The minimum absolute atomic E-state index is 0.163. The molecule has 2 aromatic rings. The van der Waals surface area contributed by atoms with Crippen molar-refractivity contribution >= 4 is 28.9 Å². The number of ether oxygens (including phenoxy) is 1. The van der Waals surface area contributed by atoms with Crippen LogP contribution in [0.1, 0.15) is 9.67 Å². The molecule has 0 aliphatic heterocycles. The van der Waals surface area contributed by atoms with Crippen molar-refractivity contribution in [2.45, 2.75) is 0 Å². The van der Waals surface area contributed by atoms with E-state index in [1.54, 1.807) is 24.1 Å². The smallest absolute Gasteiger partial charge is 0.351 e. The van der Waals surface area contributed by atoms with E-state index < -0.39 is 5.97 Å². The van der Waals surface area contributed by atoms with E-state index in [1.165, 1.54) is 18.4 Å². The molecule has 0 unspecified atom stereocenters. The molecule has 0 radical (unpaired) electrons. The molecule has 0 spiro atoms. The Hall–Kier alpha value is -1.40. The van der Waals surface area contributed by atoms with E-state index in [9.17, 15) is 4.79 Å². The van der Waals surface area contributed by atoms with Gasteiger partial charge < -0.3 is 4.74 Å². The van der Waals surface area contributed by atoms with Crippen molar-refractivity contribution in [2.75, 3.05) is 7.11 Å². The van der Waals surface area contributed by atoms with Gasteiger partial charge >= 0.3 is 5.97 Å². The third-order valence-electron chi connectivity index (χ3n) is 1.91. The van der Waals surface area contributed by atoms with Crippen LogP contribution < -0.4 is 0 Å². The first-order valence-electron chi connectivity index (χ1n) is 4.35. The zero-order valence-corrected chi connectivity index (χ0v) is 10.2. The van der Waals surface area contributed by atoms with Gasteiger partial charge in [0.2, 0.25) is 0 Å². The Balaban J connectivity index is 2.41. The minimum Gasteiger partial charge on any atom is -0.465 e. The molecular formula is C9H8ClN3O2S. The molecule has 2 rings (SSSR count). The summed E-state index contributed by atoms with van der Waals surface area (Å²) in [5.41, 5.74) is 0.824. The number of halogens is 1. The first-order chi connectivity index (χ1) is 7.61. The Labute approximate surface area is 101 Å². The lowest BCUT2D eigenvalue weighted by molar-refractivity contribution is 0.0606. The van der Waals surface area contributed by atoms with Gasteiger partial charge in [-0.2, -0.15) is 5.10 Å². The SMILES string of the molecule is COC(=O)c1sc(-c2cnn(C)c2)nc1Cl. The molecule has 0 saturated heterocycles. The molecule has 2 aromatic heterocycles. The Kier molecular flexibility index (Phi) is 2.93. The van der Waals surface area contributed by atoms with Gasteiger partial charge in [-0.25, -0.2) is 9.78 Å². The van der Waals surface area contributed by atoms with Crippen molar-refractivity contribution < 1.29 is 9.53 Å². The molecule has 0 fully saturated rings. The van der Waals surface area contributed by atoms with Crippen LogP contribution in [0, 0.1) is 0 Å². The largest absolute Gasteiger partial charge is 0.465 e. The van der Waals surface area contributed by atoms with Gasteiger partial charge in [0.05, 0.1) is 13.3 Å². The summed E-state index contributed by atoms with van der Waals surface area (Å²) in [5.74, 6) is -0.474. The van der Waals surface area contributed by atoms with E-state index in [0.717, 1.165) is 5.56 Å². The molecular weight excluding hydrogens is 250 g/mol. The molecule has 84 valence electrons. The second-order valence-corrected chi connectivity index (χ2v) is 4.39. The maximum absolute atomic E-state index is 11.3. The zero-order valence-electron chi connectivity index (χ0n) is 8.60. The summed E-state index contributed by atoms with van der Waals surface area (Å²) in [5, 5.41) is 4.84. The second kappa shape index (κ2) is 4.23. The maximum Gasteiger partial charge on any atom is 0.351 e. The molecule has 0 aromatic carbocycles. The van der Waals surface area contributed by atoms with Gasteiger partial charge in [0, 0.05) is 18.8 Å². The lowest BCUT2D eigenvalue weighted by Gasteiger charge is -1.92. The van der Waals surface area contributed by atoms with Crippen molar-refractivity contribution in [2.24, 2.45) is 7.05 Å². The highest BCUT2D eigenvalue weighted by molar-refractivity contribution is 7.17. The van der Waals surface area contributed by atoms with Gasteiger partial charge in [0.1, 0.15) is 5.01 Å². The van der Waals surface area contributed by atoms with Crippen molar-refractivity contribution in [3.05, 3.63) is 22.4 Å². The molecule has 0 N–H and O–H groups in total. The molecule has 0 atom stereocenters. The van der Waals surface area contributed by atoms with Gasteiger partial charge in [0.25, 0.3) is 0 Å².